The number of halogens is 1. The van der Waals surface area contributed by atoms with Crippen molar-refractivity contribution in [3.63, 3.8) is 0 Å². The average Bonchev–Trinajstić information content (AvgIpc) is 2.27. The van der Waals surface area contributed by atoms with Crippen LogP contribution in [-0.2, 0) is 4.74 Å². The Balaban J connectivity index is 4.76. The van der Waals surface area contributed by atoms with Crippen molar-refractivity contribution in [2.45, 2.75) is 33.3 Å². The molecule has 2 nitrogen and oxygen atoms in total. The topological polar surface area (TPSA) is 29.5 Å². The molecule has 0 aliphatic carbocycles. The third-order valence-electron chi connectivity index (χ3n) is 2.48. The molecule has 0 heterocycles. The van der Waals surface area contributed by atoms with E-state index in [1.54, 1.807) is 7.11 Å². The summed E-state index contributed by atoms with van der Waals surface area (Å²) in [5.41, 5.74) is 2.23. The van der Waals surface area contributed by atoms with Gasteiger partial charge in [-0.2, -0.15) is 0 Å². The van der Waals surface area contributed by atoms with Crippen LogP contribution in [0.4, 0.5) is 0 Å². The number of rotatable bonds is 6. The summed E-state index contributed by atoms with van der Waals surface area (Å²) in [5, 5.41) is 9.00. The monoisotopic (exact) mass is 324 g/mol. The largest absolute Gasteiger partial charge is 0.392 e. The highest BCUT2D eigenvalue weighted by Gasteiger charge is 2.19. The van der Waals surface area contributed by atoms with Gasteiger partial charge in [-0.1, -0.05) is 41.2 Å². The maximum absolute atomic E-state index is 9.00. The Morgan fingerprint density at radius 1 is 1.47 bits per heavy atom. The normalized spacial score (nSPS) is 17.7. The quantitative estimate of drug-likeness (QED) is 0.600. The number of hydrogen-bond acceptors (Lipinski definition) is 2. The molecule has 15 heavy (non-hydrogen) atoms. The smallest absolute Gasteiger partial charge is 0.0848 e. The van der Waals surface area contributed by atoms with Crippen molar-refractivity contribution in [1.29, 1.82) is 0 Å². The van der Waals surface area contributed by atoms with Crippen molar-refractivity contribution in [3.05, 3.63) is 21.3 Å². The molecule has 0 radical (unpaired) electrons. The lowest BCUT2D eigenvalue weighted by molar-refractivity contribution is 0.0957. The van der Waals surface area contributed by atoms with Gasteiger partial charge in [0.05, 0.1) is 12.7 Å². The molecule has 0 aromatic rings. The van der Waals surface area contributed by atoms with Gasteiger partial charge in [0.1, 0.15) is 0 Å². The molecular formula is C12H21IO2. The number of ether oxygens (including phenoxy) is 1. The molecule has 0 bridgehead atoms. The standard InChI is InChI=1S/C12H21IO2/c1-5-11(6-9(2)8-14)12(15-4)10(3)7-13/h6-7,11-12,14H,5,8H2,1-4H3/t11-,12-/m0/s1. The zero-order valence-corrected chi connectivity index (χ0v) is 12.1. The molecule has 0 rings (SSSR count). The number of aliphatic hydroxyl groups excluding tert-OH is 1. The van der Waals surface area contributed by atoms with Crippen molar-refractivity contribution >= 4 is 22.6 Å². The zero-order valence-electron chi connectivity index (χ0n) is 9.96. The lowest BCUT2D eigenvalue weighted by atomic mass is 9.93. The first-order valence-corrected chi connectivity index (χ1v) is 6.43. The van der Waals surface area contributed by atoms with E-state index in [1.807, 2.05) is 6.92 Å². The molecule has 1 N–H and O–H groups in total. The van der Waals surface area contributed by atoms with Crippen molar-refractivity contribution in [1.82, 2.24) is 0 Å². The molecule has 88 valence electrons. The van der Waals surface area contributed by atoms with Gasteiger partial charge >= 0.3 is 0 Å². The minimum absolute atomic E-state index is 0.119. The first-order chi connectivity index (χ1) is 7.10. The van der Waals surface area contributed by atoms with Gasteiger partial charge in [0, 0.05) is 13.0 Å². The Bertz CT molecular complexity index is 234. The fourth-order valence-corrected chi connectivity index (χ4v) is 1.95. The van der Waals surface area contributed by atoms with Gasteiger partial charge in [-0.25, -0.2) is 0 Å². The highest BCUT2D eigenvalue weighted by Crippen LogP contribution is 2.22. The molecular weight excluding hydrogens is 303 g/mol. The third kappa shape index (κ3) is 5.13. The average molecular weight is 324 g/mol. The van der Waals surface area contributed by atoms with Gasteiger partial charge in [-0.3, -0.25) is 0 Å². The fourth-order valence-electron chi connectivity index (χ4n) is 1.60. The summed E-state index contributed by atoms with van der Waals surface area (Å²) in [6.45, 7) is 6.28. The Morgan fingerprint density at radius 3 is 2.40 bits per heavy atom. The maximum Gasteiger partial charge on any atom is 0.0848 e. The summed E-state index contributed by atoms with van der Waals surface area (Å²) in [5.74, 6) is 0.341. The predicted octanol–water partition coefficient (Wildman–Crippen LogP) is 3.31. The number of methoxy groups -OCH3 is 1. The van der Waals surface area contributed by atoms with Crippen LogP contribution in [0.25, 0.3) is 0 Å². The summed E-state index contributed by atoms with van der Waals surface area (Å²) in [6, 6.07) is 0. The van der Waals surface area contributed by atoms with Gasteiger partial charge in [-0.05, 0) is 29.9 Å². The maximum atomic E-state index is 9.00. The Labute approximate surface area is 107 Å². The second-order valence-electron chi connectivity index (χ2n) is 3.75. The molecule has 0 aliphatic heterocycles. The molecule has 0 unspecified atom stereocenters. The van der Waals surface area contributed by atoms with E-state index in [2.05, 4.69) is 46.6 Å². The first kappa shape index (κ1) is 15.1. The van der Waals surface area contributed by atoms with Gasteiger partial charge in [-0.15, -0.1) is 0 Å². The molecule has 0 aliphatic rings. The van der Waals surface area contributed by atoms with Gasteiger partial charge < -0.3 is 9.84 Å². The van der Waals surface area contributed by atoms with Crippen LogP contribution in [-0.4, -0.2) is 24.9 Å². The summed E-state index contributed by atoms with van der Waals surface area (Å²) < 4.78 is 7.55. The first-order valence-electron chi connectivity index (χ1n) is 5.18. The van der Waals surface area contributed by atoms with E-state index in [1.165, 1.54) is 5.57 Å². The Kier molecular flexibility index (Phi) is 8.37. The molecule has 0 aromatic carbocycles. The molecule has 0 saturated heterocycles. The van der Waals surface area contributed by atoms with E-state index in [9.17, 15) is 0 Å². The van der Waals surface area contributed by atoms with E-state index >= 15 is 0 Å². The third-order valence-corrected chi connectivity index (χ3v) is 3.47. The van der Waals surface area contributed by atoms with Gasteiger partial charge in [0.15, 0.2) is 0 Å². The number of hydrogen-bond donors (Lipinski definition) is 1. The fraction of sp³-hybridized carbons (Fsp3) is 0.667. The lowest BCUT2D eigenvalue weighted by Gasteiger charge is -2.23. The van der Waals surface area contributed by atoms with Crippen LogP contribution in [0.2, 0.25) is 0 Å². The second kappa shape index (κ2) is 8.30. The minimum Gasteiger partial charge on any atom is -0.392 e. The highest BCUT2D eigenvalue weighted by molar-refractivity contribution is 14.1. The second-order valence-corrected chi connectivity index (χ2v) is 4.38. The highest BCUT2D eigenvalue weighted by atomic mass is 127. The van der Waals surface area contributed by atoms with Crippen LogP contribution in [0.15, 0.2) is 21.3 Å². The van der Waals surface area contributed by atoms with E-state index < -0.39 is 0 Å². The summed E-state index contributed by atoms with van der Waals surface area (Å²) >= 11 is 2.23. The molecule has 2 atom stereocenters. The van der Waals surface area contributed by atoms with Crippen molar-refractivity contribution in [2.75, 3.05) is 13.7 Å². The molecule has 0 saturated carbocycles. The van der Waals surface area contributed by atoms with Gasteiger partial charge in [0.25, 0.3) is 0 Å². The molecule has 0 aromatic heterocycles. The Morgan fingerprint density at radius 2 is 2.07 bits per heavy atom. The number of aliphatic hydroxyl groups is 1. The van der Waals surface area contributed by atoms with E-state index in [0.29, 0.717) is 5.92 Å². The van der Waals surface area contributed by atoms with Crippen LogP contribution >= 0.6 is 22.6 Å². The molecule has 0 amide bonds. The molecule has 3 heteroatoms. The summed E-state index contributed by atoms with van der Waals surface area (Å²) in [6.07, 6.45) is 3.24. The van der Waals surface area contributed by atoms with Crippen LogP contribution in [0.5, 0.6) is 0 Å². The van der Waals surface area contributed by atoms with E-state index in [-0.39, 0.29) is 12.7 Å². The molecule has 0 spiro atoms. The minimum atomic E-state index is 0.119. The van der Waals surface area contributed by atoms with Crippen LogP contribution < -0.4 is 0 Å². The van der Waals surface area contributed by atoms with Crippen LogP contribution in [0.3, 0.4) is 0 Å². The van der Waals surface area contributed by atoms with Crippen molar-refractivity contribution in [2.24, 2.45) is 5.92 Å². The van der Waals surface area contributed by atoms with Gasteiger partial charge in [0.2, 0.25) is 0 Å². The van der Waals surface area contributed by atoms with E-state index in [4.69, 9.17) is 9.84 Å². The summed E-state index contributed by atoms with van der Waals surface area (Å²) in [7, 11) is 1.74. The molecule has 0 fully saturated rings. The Hall–Kier alpha value is 0.130. The zero-order chi connectivity index (χ0) is 11.8. The van der Waals surface area contributed by atoms with Crippen LogP contribution in [0, 0.1) is 5.92 Å². The predicted molar refractivity (Wildman–Crippen MR) is 73.2 cm³/mol. The summed E-state index contributed by atoms with van der Waals surface area (Å²) in [4.78, 5) is 0. The lowest BCUT2D eigenvalue weighted by Crippen LogP contribution is -2.22. The SMILES string of the molecule is CC[C@@H](C=C(C)CO)[C@@H](OC)C(C)=CI. The van der Waals surface area contributed by atoms with Crippen LogP contribution in [0.1, 0.15) is 27.2 Å². The van der Waals surface area contributed by atoms with E-state index in [0.717, 1.165) is 12.0 Å². The van der Waals surface area contributed by atoms with Crippen molar-refractivity contribution in [3.8, 4) is 0 Å². The van der Waals surface area contributed by atoms with Crippen molar-refractivity contribution < 1.29 is 9.84 Å².